The quantitative estimate of drug-likeness (QED) is 0.364. The number of hydrogen-bond donors (Lipinski definition) is 2. The summed E-state index contributed by atoms with van der Waals surface area (Å²) in [7, 11) is 0. The number of benzene rings is 2. The highest BCUT2D eigenvalue weighted by Crippen LogP contribution is 2.18. The molecule has 2 rings (SSSR count). The Morgan fingerprint density at radius 2 is 1.75 bits per heavy atom. The molecule has 2 amide bonds. The predicted octanol–water partition coefficient (Wildman–Crippen LogP) is 4.60. The summed E-state index contributed by atoms with van der Waals surface area (Å²) in [5.41, 5.74) is 0.531. The van der Waals surface area contributed by atoms with Crippen molar-refractivity contribution in [3.05, 3.63) is 64.6 Å². The highest BCUT2D eigenvalue weighted by Gasteiger charge is 2.21. The van der Waals surface area contributed by atoms with E-state index in [1.54, 1.807) is 35.7 Å². The topological polar surface area (TPSA) is 58.2 Å². The second-order valence-corrected chi connectivity index (χ2v) is 9.10. The average molecular weight is 481 g/mol. The Morgan fingerprint density at radius 3 is 2.46 bits per heavy atom. The molecule has 0 aliphatic carbocycles. The molecule has 2 aromatic carbocycles. The lowest BCUT2D eigenvalue weighted by Crippen LogP contribution is -2.47. The van der Waals surface area contributed by atoms with Crippen LogP contribution >= 0.6 is 39.5 Å². The van der Waals surface area contributed by atoms with Gasteiger partial charge in [0.15, 0.2) is 0 Å². The van der Waals surface area contributed by atoms with Gasteiger partial charge in [0.25, 0.3) is 5.91 Å². The molecular formula is C21H25BrN2O2S2. The van der Waals surface area contributed by atoms with Gasteiger partial charge in [-0.05, 0) is 70.8 Å². The van der Waals surface area contributed by atoms with Gasteiger partial charge >= 0.3 is 0 Å². The van der Waals surface area contributed by atoms with E-state index in [9.17, 15) is 9.59 Å². The van der Waals surface area contributed by atoms with Crippen molar-refractivity contribution < 1.29 is 9.59 Å². The lowest BCUT2D eigenvalue weighted by molar-refractivity contribution is -0.123. The number of amides is 2. The van der Waals surface area contributed by atoms with Crippen molar-refractivity contribution in [2.75, 3.05) is 24.3 Å². The van der Waals surface area contributed by atoms with E-state index in [0.717, 1.165) is 22.4 Å². The van der Waals surface area contributed by atoms with Gasteiger partial charge in [-0.3, -0.25) is 9.59 Å². The zero-order chi connectivity index (χ0) is 20.2. The van der Waals surface area contributed by atoms with E-state index in [0.29, 0.717) is 18.5 Å². The van der Waals surface area contributed by atoms with Crippen LogP contribution in [0.5, 0.6) is 0 Å². The monoisotopic (exact) mass is 480 g/mol. The fourth-order valence-corrected chi connectivity index (χ4v) is 4.31. The third-order valence-corrected chi connectivity index (χ3v) is 6.42. The van der Waals surface area contributed by atoms with Gasteiger partial charge in [-0.25, -0.2) is 0 Å². The van der Waals surface area contributed by atoms with Crippen molar-refractivity contribution in [2.45, 2.75) is 23.8 Å². The molecule has 0 spiro atoms. The van der Waals surface area contributed by atoms with E-state index in [-0.39, 0.29) is 11.8 Å². The standard InChI is InChI=1S/C21H25BrN2O2S2/c1-27-15-12-19(24-20(25)17-10-5-6-11-18(17)22)21(26)23-13-7-14-28-16-8-3-2-4-9-16/h2-6,8-11,19H,7,12-15H2,1H3,(H,23,26)(H,24,25). The molecular weight excluding hydrogens is 456 g/mol. The molecule has 7 heteroatoms. The molecule has 0 saturated carbocycles. The first-order valence-corrected chi connectivity index (χ1v) is 12.3. The Bertz CT molecular complexity index is 759. The molecule has 4 nitrogen and oxygen atoms in total. The number of carbonyl (C=O) groups excluding carboxylic acids is 2. The van der Waals surface area contributed by atoms with Crippen LogP contribution in [0.1, 0.15) is 23.2 Å². The first-order valence-electron chi connectivity index (χ1n) is 9.11. The molecule has 0 radical (unpaired) electrons. The summed E-state index contributed by atoms with van der Waals surface area (Å²) in [6.07, 6.45) is 3.46. The van der Waals surface area contributed by atoms with Crippen LogP contribution in [0.2, 0.25) is 0 Å². The lowest BCUT2D eigenvalue weighted by atomic mass is 10.1. The minimum Gasteiger partial charge on any atom is -0.354 e. The summed E-state index contributed by atoms with van der Waals surface area (Å²) in [5, 5.41) is 5.84. The number of carbonyl (C=O) groups is 2. The van der Waals surface area contributed by atoms with Gasteiger partial charge in [0.1, 0.15) is 6.04 Å². The average Bonchev–Trinajstić information content (AvgIpc) is 2.71. The van der Waals surface area contributed by atoms with Crippen molar-refractivity contribution in [3.8, 4) is 0 Å². The Balaban J connectivity index is 1.81. The van der Waals surface area contributed by atoms with Crippen LogP contribution < -0.4 is 10.6 Å². The molecule has 0 aliphatic rings. The van der Waals surface area contributed by atoms with Crippen LogP contribution in [0.4, 0.5) is 0 Å². The normalized spacial score (nSPS) is 11.6. The first-order chi connectivity index (χ1) is 13.6. The fourth-order valence-electron chi connectivity index (χ4n) is 2.50. The van der Waals surface area contributed by atoms with Crippen molar-refractivity contribution >= 4 is 51.3 Å². The Labute approximate surface area is 183 Å². The molecule has 2 N–H and O–H groups in total. The van der Waals surface area contributed by atoms with Gasteiger partial charge in [0.2, 0.25) is 5.91 Å². The maximum atomic E-state index is 12.6. The van der Waals surface area contributed by atoms with E-state index in [2.05, 4.69) is 38.7 Å². The molecule has 0 aliphatic heterocycles. The Morgan fingerprint density at radius 1 is 1.04 bits per heavy atom. The van der Waals surface area contributed by atoms with Gasteiger partial charge in [-0.2, -0.15) is 11.8 Å². The van der Waals surface area contributed by atoms with E-state index in [1.165, 1.54) is 4.90 Å². The van der Waals surface area contributed by atoms with Crippen LogP contribution in [0.3, 0.4) is 0 Å². The van der Waals surface area contributed by atoms with Gasteiger partial charge in [-0.15, -0.1) is 11.8 Å². The van der Waals surface area contributed by atoms with Gasteiger partial charge in [-0.1, -0.05) is 30.3 Å². The molecule has 0 aromatic heterocycles. The SMILES string of the molecule is CSCCC(NC(=O)c1ccccc1Br)C(=O)NCCCSc1ccccc1. The third kappa shape index (κ3) is 7.89. The zero-order valence-corrected chi connectivity index (χ0v) is 19.0. The number of nitrogens with one attached hydrogen (secondary N) is 2. The fraction of sp³-hybridized carbons (Fsp3) is 0.333. The van der Waals surface area contributed by atoms with Crippen molar-refractivity contribution in [1.29, 1.82) is 0 Å². The Kier molecular flexibility index (Phi) is 10.5. The third-order valence-electron chi connectivity index (χ3n) is 3.98. The van der Waals surface area contributed by atoms with Crippen LogP contribution in [-0.2, 0) is 4.79 Å². The zero-order valence-electron chi connectivity index (χ0n) is 15.8. The maximum Gasteiger partial charge on any atom is 0.253 e. The molecule has 1 unspecified atom stereocenters. The highest BCUT2D eigenvalue weighted by atomic mass is 79.9. The second kappa shape index (κ2) is 12.9. The molecule has 28 heavy (non-hydrogen) atoms. The first kappa shape index (κ1) is 22.8. The molecule has 2 aromatic rings. The largest absolute Gasteiger partial charge is 0.354 e. The van der Waals surface area contributed by atoms with Gasteiger partial charge in [0.05, 0.1) is 5.56 Å². The van der Waals surface area contributed by atoms with Gasteiger partial charge < -0.3 is 10.6 Å². The molecule has 150 valence electrons. The minimum atomic E-state index is -0.533. The summed E-state index contributed by atoms with van der Waals surface area (Å²) in [6, 6.07) is 16.9. The van der Waals surface area contributed by atoms with Crippen LogP contribution in [0.25, 0.3) is 0 Å². The number of hydrogen-bond acceptors (Lipinski definition) is 4. The van der Waals surface area contributed by atoms with Crippen LogP contribution in [0, 0.1) is 0 Å². The molecule has 0 heterocycles. The van der Waals surface area contributed by atoms with E-state index in [4.69, 9.17) is 0 Å². The number of halogens is 1. The lowest BCUT2D eigenvalue weighted by Gasteiger charge is -2.18. The van der Waals surface area contributed by atoms with Crippen LogP contribution in [-0.4, -0.2) is 42.2 Å². The molecule has 1 atom stereocenters. The van der Waals surface area contributed by atoms with Crippen molar-refractivity contribution in [3.63, 3.8) is 0 Å². The summed E-state index contributed by atoms with van der Waals surface area (Å²) in [6.45, 7) is 0.597. The highest BCUT2D eigenvalue weighted by molar-refractivity contribution is 9.10. The van der Waals surface area contributed by atoms with Gasteiger partial charge in [0, 0.05) is 15.9 Å². The van der Waals surface area contributed by atoms with Crippen LogP contribution in [0.15, 0.2) is 64.0 Å². The second-order valence-electron chi connectivity index (χ2n) is 6.09. The van der Waals surface area contributed by atoms with Crippen molar-refractivity contribution in [1.82, 2.24) is 10.6 Å². The Hall–Kier alpha value is -1.44. The summed E-state index contributed by atoms with van der Waals surface area (Å²) in [4.78, 5) is 26.4. The maximum absolute atomic E-state index is 12.6. The molecule has 0 fully saturated rings. The van der Waals surface area contributed by atoms with E-state index >= 15 is 0 Å². The number of thioether (sulfide) groups is 2. The summed E-state index contributed by atoms with van der Waals surface area (Å²) < 4.78 is 0.717. The van der Waals surface area contributed by atoms with E-state index in [1.807, 2.05) is 36.6 Å². The van der Waals surface area contributed by atoms with Crippen molar-refractivity contribution in [2.24, 2.45) is 0 Å². The summed E-state index contributed by atoms with van der Waals surface area (Å²) >= 11 is 6.82. The van der Waals surface area contributed by atoms with E-state index < -0.39 is 6.04 Å². The summed E-state index contributed by atoms with van der Waals surface area (Å²) in [5.74, 6) is 1.37. The number of rotatable bonds is 11. The minimum absolute atomic E-state index is 0.126. The predicted molar refractivity (Wildman–Crippen MR) is 123 cm³/mol. The molecule has 0 bridgehead atoms. The molecule has 0 saturated heterocycles. The smallest absolute Gasteiger partial charge is 0.253 e.